The molecule has 2 aromatic rings. The second-order valence-electron chi connectivity index (χ2n) is 4.29. The third kappa shape index (κ3) is 3.12. The Hall–Kier alpha value is -1.15. The van der Waals surface area contributed by atoms with Crippen LogP contribution in [0.4, 0.5) is 5.13 Å². The lowest BCUT2D eigenvalue weighted by molar-refractivity contribution is 0.568. The van der Waals surface area contributed by atoms with Gasteiger partial charge in [0.05, 0.1) is 5.69 Å². The molecule has 1 aromatic carbocycles. The molecule has 1 heterocycles. The van der Waals surface area contributed by atoms with E-state index in [0.29, 0.717) is 16.3 Å². The highest BCUT2D eigenvalue weighted by molar-refractivity contribution is 7.91. The topological polar surface area (TPSA) is 85.1 Å². The lowest BCUT2D eigenvalue weighted by atomic mass is 10.1. The molecule has 2 rings (SSSR count). The monoisotopic (exact) mass is 331 g/mol. The van der Waals surface area contributed by atoms with Crippen LogP contribution in [-0.2, 0) is 10.0 Å². The van der Waals surface area contributed by atoms with Crippen molar-refractivity contribution >= 4 is 38.1 Å². The van der Waals surface area contributed by atoms with Gasteiger partial charge < -0.3 is 5.73 Å². The second-order valence-corrected chi connectivity index (χ2v) is 7.64. The minimum Gasteiger partial charge on any atom is -0.375 e. The van der Waals surface area contributed by atoms with E-state index in [2.05, 4.69) is 9.71 Å². The van der Waals surface area contributed by atoms with E-state index in [4.69, 9.17) is 17.3 Å². The first-order chi connectivity index (χ1) is 9.31. The maximum absolute atomic E-state index is 12.3. The summed E-state index contributed by atoms with van der Waals surface area (Å²) in [5, 5.41) is 0.747. The zero-order valence-corrected chi connectivity index (χ0v) is 13.3. The smallest absolute Gasteiger partial charge is 0.252 e. The second kappa shape index (κ2) is 5.69. The van der Waals surface area contributed by atoms with Crippen LogP contribution in [0, 0.1) is 6.92 Å². The maximum Gasteiger partial charge on any atom is 0.252 e. The van der Waals surface area contributed by atoms with Crippen molar-refractivity contribution < 1.29 is 8.42 Å². The summed E-state index contributed by atoms with van der Waals surface area (Å²) in [5.41, 5.74) is 6.65. The molecule has 0 aliphatic heterocycles. The summed E-state index contributed by atoms with van der Waals surface area (Å²) in [6.07, 6.45) is 0. The number of rotatable bonds is 4. The minimum absolute atomic E-state index is 0.133. The highest BCUT2D eigenvalue weighted by Gasteiger charge is 2.24. The highest BCUT2D eigenvalue weighted by Crippen LogP contribution is 2.28. The standard InChI is InChI=1S/C12H14ClN3O2S2/c1-7(9-5-3-4-6-10(9)13)16-20(17,18)11-8(2)15-12(14)19-11/h3-7,16H,1-2H3,(H2,14,15). The normalized spacial score (nSPS) is 13.3. The van der Waals surface area contributed by atoms with Gasteiger partial charge in [-0.2, -0.15) is 0 Å². The molecule has 20 heavy (non-hydrogen) atoms. The number of nitrogens with one attached hydrogen (secondary N) is 1. The molecule has 1 aromatic heterocycles. The van der Waals surface area contributed by atoms with Crippen molar-refractivity contribution in [3.05, 3.63) is 40.5 Å². The van der Waals surface area contributed by atoms with Gasteiger partial charge in [-0.3, -0.25) is 0 Å². The Morgan fingerprint density at radius 1 is 1.40 bits per heavy atom. The number of nitrogen functional groups attached to an aromatic ring is 1. The number of thiazole rings is 1. The van der Waals surface area contributed by atoms with Crippen LogP contribution in [0.2, 0.25) is 5.02 Å². The van der Waals surface area contributed by atoms with Gasteiger partial charge in [0.2, 0.25) is 0 Å². The summed E-state index contributed by atoms with van der Waals surface area (Å²) in [6, 6.07) is 6.65. The molecule has 0 aliphatic carbocycles. The Balaban J connectivity index is 2.29. The molecule has 0 fully saturated rings. The van der Waals surface area contributed by atoms with Crippen molar-refractivity contribution in [1.29, 1.82) is 0 Å². The van der Waals surface area contributed by atoms with Crippen LogP contribution in [0.5, 0.6) is 0 Å². The first-order valence-corrected chi connectivity index (χ1v) is 8.48. The van der Waals surface area contributed by atoms with E-state index in [1.165, 1.54) is 0 Å². The molecule has 0 bridgehead atoms. The largest absolute Gasteiger partial charge is 0.375 e. The summed E-state index contributed by atoms with van der Waals surface area (Å²) in [6.45, 7) is 3.35. The van der Waals surface area contributed by atoms with Crippen LogP contribution < -0.4 is 10.5 Å². The molecular weight excluding hydrogens is 318 g/mol. The molecule has 0 amide bonds. The predicted octanol–water partition coefficient (Wildman–Crippen LogP) is 2.73. The summed E-state index contributed by atoms with van der Waals surface area (Å²) in [4.78, 5) is 3.93. The Kier molecular flexibility index (Phi) is 4.33. The van der Waals surface area contributed by atoms with Gasteiger partial charge in [-0.05, 0) is 25.5 Å². The summed E-state index contributed by atoms with van der Waals surface area (Å²) < 4.78 is 27.4. The molecule has 5 nitrogen and oxygen atoms in total. The van der Waals surface area contributed by atoms with Crippen molar-refractivity contribution in [2.45, 2.75) is 24.1 Å². The molecule has 0 aliphatic rings. The van der Waals surface area contributed by atoms with Gasteiger partial charge in [0, 0.05) is 11.1 Å². The molecule has 8 heteroatoms. The van der Waals surface area contributed by atoms with Gasteiger partial charge in [-0.1, -0.05) is 41.1 Å². The van der Waals surface area contributed by atoms with Gasteiger partial charge >= 0.3 is 0 Å². The van der Waals surface area contributed by atoms with Crippen molar-refractivity contribution in [2.75, 3.05) is 5.73 Å². The lowest BCUT2D eigenvalue weighted by Gasteiger charge is -2.15. The van der Waals surface area contributed by atoms with Gasteiger partial charge in [-0.15, -0.1) is 0 Å². The van der Waals surface area contributed by atoms with E-state index in [0.717, 1.165) is 11.3 Å². The summed E-state index contributed by atoms with van der Waals surface area (Å²) in [7, 11) is -3.67. The number of sulfonamides is 1. The van der Waals surface area contributed by atoms with Crippen LogP contribution >= 0.6 is 22.9 Å². The average Bonchev–Trinajstić information content (AvgIpc) is 2.69. The Morgan fingerprint density at radius 3 is 2.60 bits per heavy atom. The molecule has 1 atom stereocenters. The van der Waals surface area contributed by atoms with E-state index in [1.54, 1.807) is 32.0 Å². The average molecular weight is 332 g/mol. The Morgan fingerprint density at radius 2 is 2.05 bits per heavy atom. The molecule has 0 spiro atoms. The number of aromatic nitrogens is 1. The first kappa shape index (κ1) is 15.2. The minimum atomic E-state index is -3.67. The molecule has 1 unspecified atom stereocenters. The number of nitrogens with two attached hydrogens (primary N) is 1. The van der Waals surface area contributed by atoms with Crippen molar-refractivity contribution in [1.82, 2.24) is 9.71 Å². The van der Waals surface area contributed by atoms with Crippen molar-refractivity contribution in [3.63, 3.8) is 0 Å². The SMILES string of the molecule is Cc1nc(N)sc1S(=O)(=O)NC(C)c1ccccc1Cl. The van der Waals surface area contributed by atoms with Gasteiger partial charge in [0.25, 0.3) is 10.0 Å². The number of aryl methyl sites for hydroxylation is 1. The van der Waals surface area contributed by atoms with E-state index < -0.39 is 16.1 Å². The molecule has 0 saturated carbocycles. The number of nitrogens with zero attached hydrogens (tertiary/aromatic N) is 1. The number of hydrogen-bond donors (Lipinski definition) is 2. The summed E-state index contributed by atoms with van der Waals surface area (Å²) in [5.74, 6) is 0. The molecule has 0 saturated heterocycles. The third-order valence-electron chi connectivity index (χ3n) is 2.72. The highest BCUT2D eigenvalue weighted by atomic mass is 35.5. The van der Waals surface area contributed by atoms with Crippen LogP contribution in [0.1, 0.15) is 24.2 Å². The number of hydrogen-bond acceptors (Lipinski definition) is 5. The molecule has 3 N–H and O–H groups in total. The fourth-order valence-electron chi connectivity index (χ4n) is 1.83. The fourth-order valence-corrected chi connectivity index (χ4v) is 4.67. The van der Waals surface area contributed by atoms with Crippen molar-refractivity contribution in [3.8, 4) is 0 Å². The van der Waals surface area contributed by atoms with Crippen LogP contribution in [0.15, 0.2) is 28.5 Å². The van der Waals surface area contributed by atoms with E-state index in [-0.39, 0.29) is 9.34 Å². The summed E-state index contributed by atoms with van der Waals surface area (Å²) >= 11 is 7.01. The van der Waals surface area contributed by atoms with E-state index in [9.17, 15) is 8.42 Å². The first-order valence-electron chi connectivity index (χ1n) is 5.81. The fraction of sp³-hybridized carbons (Fsp3) is 0.250. The van der Waals surface area contributed by atoms with Crippen LogP contribution in [0.3, 0.4) is 0 Å². The number of anilines is 1. The predicted molar refractivity (Wildman–Crippen MR) is 81.5 cm³/mol. The van der Waals surface area contributed by atoms with E-state index in [1.807, 2.05) is 6.07 Å². The van der Waals surface area contributed by atoms with Gasteiger partial charge in [-0.25, -0.2) is 18.1 Å². The number of benzene rings is 1. The van der Waals surface area contributed by atoms with Gasteiger partial charge in [0.1, 0.15) is 0 Å². The Labute approximate surface area is 126 Å². The van der Waals surface area contributed by atoms with Crippen molar-refractivity contribution in [2.24, 2.45) is 0 Å². The van der Waals surface area contributed by atoms with Crippen LogP contribution in [0.25, 0.3) is 0 Å². The maximum atomic E-state index is 12.3. The lowest BCUT2D eigenvalue weighted by Crippen LogP contribution is -2.27. The van der Waals surface area contributed by atoms with Gasteiger partial charge in [0.15, 0.2) is 9.34 Å². The third-order valence-corrected chi connectivity index (χ3v) is 6.20. The Bertz CT molecular complexity index is 728. The van der Waals surface area contributed by atoms with Crippen LogP contribution in [-0.4, -0.2) is 13.4 Å². The molecule has 0 radical (unpaired) electrons. The molecule has 108 valence electrons. The molecular formula is C12H14ClN3O2S2. The zero-order chi connectivity index (χ0) is 14.9. The zero-order valence-electron chi connectivity index (χ0n) is 10.9. The quantitative estimate of drug-likeness (QED) is 0.902. The van der Waals surface area contributed by atoms with E-state index >= 15 is 0 Å². The number of halogens is 1.